The highest BCUT2D eigenvalue weighted by atomic mass is 32.2. The second kappa shape index (κ2) is 8.90. The van der Waals surface area contributed by atoms with Crippen LogP contribution in [0.1, 0.15) is 53.0 Å². The van der Waals surface area contributed by atoms with Gasteiger partial charge in [0.15, 0.2) is 0 Å². The van der Waals surface area contributed by atoms with Crippen molar-refractivity contribution in [3.8, 4) is 0 Å². The molecule has 0 aliphatic rings. The zero-order valence-corrected chi connectivity index (χ0v) is 18.5. The quantitative estimate of drug-likeness (QED) is 0.711. The van der Waals surface area contributed by atoms with Crippen LogP contribution in [0.3, 0.4) is 0 Å². The standard InChI is InChI=1S/C21H32N4O2S/c1-14(2)12-25(13-15(3)4)21-23-11-19(20(22)24-21)28(26,27)18-9-7-17(8-10-18)16(5)6/h7-11,14-16H,12-13H2,1-6H3,(H2,22,23,24). The van der Waals surface area contributed by atoms with Gasteiger partial charge in [-0.25, -0.2) is 13.4 Å². The predicted octanol–water partition coefficient (Wildman–Crippen LogP) is 4.13. The highest BCUT2D eigenvalue weighted by molar-refractivity contribution is 7.91. The van der Waals surface area contributed by atoms with Gasteiger partial charge < -0.3 is 10.6 Å². The van der Waals surface area contributed by atoms with E-state index in [4.69, 9.17) is 5.73 Å². The van der Waals surface area contributed by atoms with Gasteiger partial charge in [-0.1, -0.05) is 53.7 Å². The fourth-order valence-corrected chi connectivity index (χ4v) is 4.27. The minimum absolute atomic E-state index is 0.0181. The van der Waals surface area contributed by atoms with Gasteiger partial charge in [-0.3, -0.25) is 0 Å². The zero-order chi connectivity index (χ0) is 21.1. The summed E-state index contributed by atoms with van der Waals surface area (Å²) in [4.78, 5) is 10.9. The zero-order valence-electron chi connectivity index (χ0n) is 17.7. The van der Waals surface area contributed by atoms with Gasteiger partial charge in [0.25, 0.3) is 0 Å². The molecule has 2 N–H and O–H groups in total. The minimum atomic E-state index is -3.77. The highest BCUT2D eigenvalue weighted by Crippen LogP contribution is 2.27. The first-order valence-corrected chi connectivity index (χ1v) is 11.2. The second-order valence-electron chi connectivity index (χ2n) is 8.34. The lowest BCUT2D eigenvalue weighted by atomic mass is 10.0. The molecular formula is C21H32N4O2S. The van der Waals surface area contributed by atoms with Crippen LogP contribution in [-0.4, -0.2) is 31.5 Å². The van der Waals surface area contributed by atoms with Crippen molar-refractivity contribution in [2.45, 2.75) is 57.3 Å². The third-order valence-electron chi connectivity index (χ3n) is 4.37. The first-order chi connectivity index (χ1) is 13.0. The molecule has 1 aromatic carbocycles. The third kappa shape index (κ3) is 5.22. The molecule has 6 nitrogen and oxygen atoms in total. The first kappa shape index (κ1) is 22.1. The van der Waals surface area contributed by atoms with Crippen molar-refractivity contribution in [2.75, 3.05) is 23.7 Å². The molecule has 0 spiro atoms. The van der Waals surface area contributed by atoms with Gasteiger partial charge in [0.05, 0.1) is 11.1 Å². The summed E-state index contributed by atoms with van der Waals surface area (Å²) in [6.45, 7) is 14.2. The van der Waals surface area contributed by atoms with E-state index in [1.54, 1.807) is 12.1 Å². The van der Waals surface area contributed by atoms with Crippen LogP contribution >= 0.6 is 0 Å². The Morgan fingerprint density at radius 3 is 1.93 bits per heavy atom. The Balaban J connectivity index is 2.38. The molecule has 154 valence electrons. The lowest BCUT2D eigenvalue weighted by Gasteiger charge is -2.26. The average Bonchev–Trinajstić information content (AvgIpc) is 2.60. The van der Waals surface area contributed by atoms with Crippen molar-refractivity contribution in [1.29, 1.82) is 0 Å². The SMILES string of the molecule is CC(C)CN(CC(C)C)c1ncc(S(=O)(=O)c2ccc(C(C)C)cc2)c(N)n1. The van der Waals surface area contributed by atoms with Crippen LogP contribution in [0.15, 0.2) is 40.3 Å². The monoisotopic (exact) mass is 404 g/mol. The summed E-state index contributed by atoms with van der Waals surface area (Å²) in [5.41, 5.74) is 7.15. The topological polar surface area (TPSA) is 89.2 Å². The molecule has 1 heterocycles. The Morgan fingerprint density at radius 2 is 1.50 bits per heavy atom. The van der Waals surface area contributed by atoms with Crippen LogP contribution in [0.25, 0.3) is 0 Å². The van der Waals surface area contributed by atoms with E-state index in [2.05, 4.69) is 56.4 Å². The van der Waals surface area contributed by atoms with Crippen molar-refractivity contribution in [3.05, 3.63) is 36.0 Å². The largest absolute Gasteiger partial charge is 0.382 e. The number of benzene rings is 1. The lowest BCUT2D eigenvalue weighted by Crippen LogP contribution is -2.33. The smallest absolute Gasteiger partial charge is 0.227 e. The van der Waals surface area contributed by atoms with Gasteiger partial charge in [-0.15, -0.1) is 0 Å². The molecule has 1 aromatic heterocycles. The lowest BCUT2D eigenvalue weighted by molar-refractivity contribution is 0.543. The molecule has 2 rings (SSSR count). The van der Waals surface area contributed by atoms with Crippen LogP contribution in [0.4, 0.5) is 11.8 Å². The maximum atomic E-state index is 13.0. The molecule has 0 aliphatic carbocycles. The van der Waals surface area contributed by atoms with Crippen molar-refractivity contribution in [1.82, 2.24) is 9.97 Å². The second-order valence-corrected chi connectivity index (χ2v) is 10.3. The first-order valence-electron chi connectivity index (χ1n) is 9.74. The number of nitrogens with zero attached hydrogens (tertiary/aromatic N) is 3. The molecule has 0 unspecified atom stereocenters. The summed E-state index contributed by atoms with van der Waals surface area (Å²) in [6, 6.07) is 6.88. The van der Waals surface area contributed by atoms with E-state index in [0.717, 1.165) is 18.7 Å². The van der Waals surface area contributed by atoms with Gasteiger partial charge in [-0.2, -0.15) is 4.98 Å². The summed E-state index contributed by atoms with van der Waals surface area (Å²) in [7, 11) is -3.77. The molecular weight excluding hydrogens is 372 g/mol. The van der Waals surface area contributed by atoms with Gasteiger partial charge in [0.2, 0.25) is 15.8 Å². The van der Waals surface area contributed by atoms with Crippen molar-refractivity contribution >= 4 is 21.6 Å². The molecule has 0 saturated heterocycles. The Hall–Kier alpha value is -2.15. The number of nitrogen functional groups attached to an aromatic ring is 1. The van der Waals surface area contributed by atoms with Crippen molar-refractivity contribution < 1.29 is 8.42 Å². The van der Waals surface area contributed by atoms with Crippen LogP contribution in [0, 0.1) is 11.8 Å². The molecule has 0 saturated carbocycles. The van der Waals surface area contributed by atoms with E-state index in [0.29, 0.717) is 23.7 Å². The van der Waals surface area contributed by atoms with Gasteiger partial charge in [0, 0.05) is 13.1 Å². The van der Waals surface area contributed by atoms with Crippen molar-refractivity contribution in [3.63, 3.8) is 0 Å². The van der Waals surface area contributed by atoms with E-state index >= 15 is 0 Å². The minimum Gasteiger partial charge on any atom is -0.382 e. The van der Waals surface area contributed by atoms with Crippen molar-refractivity contribution in [2.24, 2.45) is 11.8 Å². The van der Waals surface area contributed by atoms with Gasteiger partial charge in [-0.05, 0) is 35.4 Å². The van der Waals surface area contributed by atoms with E-state index in [9.17, 15) is 8.42 Å². The van der Waals surface area contributed by atoms with Gasteiger partial charge in [0.1, 0.15) is 10.7 Å². The maximum absolute atomic E-state index is 13.0. The number of sulfone groups is 1. The Morgan fingerprint density at radius 1 is 0.964 bits per heavy atom. The van der Waals surface area contributed by atoms with E-state index in [-0.39, 0.29) is 15.6 Å². The fraction of sp³-hybridized carbons (Fsp3) is 0.524. The Kier molecular flexibility index (Phi) is 7.04. The molecule has 0 amide bonds. The average molecular weight is 405 g/mol. The summed E-state index contributed by atoms with van der Waals surface area (Å²) in [5.74, 6) is 1.62. The third-order valence-corrected chi connectivity index (χ3v) is 6.16. The molecule has 0 aliphatic heterocycles. The van der Waals surface area contributed by atoms with Gasteiger partial charge >= 0.3 is 0 Å². The molecule has 2 aromatic rings. The number of aromatic nitrogens is 2. The normalized spacial score (nSPS) is 12.2. The van der Waals surface area contributed by atoms with Crippen LogP contribution in [0.2, 0.25) is 0 Å². The summed E-state index contributed by atoms with van der Waals surface area (Å²) >= 11 is 0. The number of hydrogen-bond acceptors (Lipinski definition) is 6. The van der Waals surface area contributed by atoms with Crippen LogP contribution in [-0.2, 0) is 9.84 Å². The molecule has 0 atom stereocenters. The molecule has 0 bridgehead atoms. The highest BCUT2D eigenvalue weighted by Gasteiger charge is 2.24. The number of rotatable bonds is 8. The van der Waals surface area contributed by atoms with E-state index < -0.39 is 9.84 Å². The van der Waals surface area contributed by atoms with E-state index in [1.165, 1.54) is 6.20 Å². The number of hydrogen-bond donors (Lipinski definition) is 1. The Labute approximate surface area is 169 Å². The molecule has 28 heavy (non-hydrogen) atoms. The number of anilines is 2. The summed E-state index contributed by atoms with van der Waals surface area (Å²) < 4.78 is 26.0. The fourth-order valence-electron chi connectivity index (χ4n) is 3.01. The molecule has 0 radical (unpaired) electrons. The molecule has 7 heteroatoms. The molecule has 0 fully saturated rings. The maximum Gasteiger partial charge on any atom is 0.227 e. The summed E-state index contributed by atoms with van der Waals surface area (Å²) in [5, 5.41) is 0. The number of nitrogens with two attached hydrogens (primary N) is 1. The predicted molar refractivity (Wildman–Crippen MR) is 114 cm³/mol. The Bertz CT molecular complexity index is 881. The van der Waals surface area contributed by atoms with E-state index in [1.807, 2.05) is 12.1 Å². The van der Waals surface area contributed by atoms with Crippen LogP contribution in [0.5, 0.6) is 0 Å². The van der Waals surface area contributed by atoms with Crippen LogP contribution < -0.4 is 10.6 Å². The summed E-state index contributed by atoms with van der Waals surface area (Å²) in [6.07, 6.45) is 1.33.